The summed E-state index contributed by atoms with van der Waals surface area (Å²) in [5.41, 5.74) is -4.73. The van der Waals surface area contributed by atoms with Crippen LogP contribution in [0.3, 0.4) is 0 Å². The molecule has 3 saturated heterocycles. The van der Waals surface area contributed by atoms with E-state index in [4.69, 9.17) is 28.4 Å². The molecule has 1 amide bonds. The number of esters is 1. The number of amides is 1. The Morgan fingerprint density at radius 3 is 1.94 bits per heavy atom. The van der Waals surface area contributed by atoms with Gasteiger partial charge in [-0.05, 0) is 107 Å². The molecule has 0 aromatic carbocycles. The predicted octanol–water partition coefficient (Wildman–Crippen LogP) is 3.61. The number of aliphatic hydroxyl groups is 5. The number of methoxy groups -OCH3 is 1. The van der Waals surface area contributed by atoms with Gasteiger partial charge in [0.25, 0.3) is 0 Å². The first-order valence-electron chi connectivity index (χ1n) is 26.1. The van der Waals surface area contributed by atoms with Gasteiger partial charge in [0.15, 0.2) is 12.6 Å². The van der Waals surface area contributed by atoms with E-state index < -0.39 is 103 Å². The average Bonchev–Trinajstić information content (AvgIpc) is 3.25. The van der Waals surface area contributed by atoms with Crippen LogP contribution >= 0.6 is 7.26 Å². The Morgan fingerprint density at radius 2 is 1.41 bits per heavy atom. The van der Waals surface area contributed by atoms with E-state index in [0.717, 1.165) is 19.3 Å². The van der Waals surface area contributed by atoms with E-state index in [1.54, 1.807) is 53.4 Å². The molecule has 69 heavy (non-hydrogen) atoms. The van der Waals surface area contributed by atoms with E-state index in [1.807, 2.05) is 32.8 Å². The number of carbonyl (C=O) groups excluding carboxylic acids is 2. The van der Waals surface area contributed by atoms with Gasteiger partial charge in [-0.15, -0.1) is 0 Å². The molecule has 3 fully saturated rings. The molecule has 0 aromatic rings. The number of nitrogens with zero attached hydrogens (tertiary/aromatic N) is 2. The average molecular weight is 1030 g/mol. The van der Waals surface area contributed by atoms with E-state index in [1.165, 1.54) is 52.3 Å². The molecule has 15 nitrogen and oxygen atoms in total. The summed E-state index contributed by atoms with van der Waals surface area (Å²) in [5.74, 6) is -3.19. The largest absolute Gasteiger partial charge is 1.00 e. The van der Waals surface area contributed by atoms with Gasteiger partial charge in [0, 0.05) is 65.7 Å². The van der Waals surface area contributed by atoms with Crippen LogP contribution < -0.4 is 12.4 Å². The first-order valence-corrected chi connectivity index (χ1v) is 29.5. The Morgan fingerprint density at radius 1 is 0.841 bits per heavy atom. The fraction of sp³-hybridized carbons (Fsp3) is 0.962. The molecule has 0 unspecified atom stereocenters. The highest BCUT2D eigenvalue weighted by molar-refractivity contribution is 7.73. The molecule has 5 N–H and O–H groups in total. The standard InChI is InChI=1S/C52H100N2O13P.ClH/c1-17-40-52(10,61)45(57)37(6)54(41(55)27-25-23-21-19-18-20-22-24-26-28-68(14,15)16)32-33(2)30-50(8,60)47(67-49-43(56)39(53(11)12)29-34(3)63-49)35(4)44(36(5)48(59)65-40)66-42-31-51(9,62-13)46(58)38(7)64-42;/h33-40,42-47,49,56-58,60-61H,17-32H2,1-16H3;1H/q+1;/p-1/t33-,34-,35+,36-,37-,38+,39+,40-,42+,43-,44+,45-,46+,47-,49+,50-,51-,52-;/m1./s1. The number of cyclic esters (lactones) is 1. The van der Waals surface area contributed by atoms with Gasteiger partial charge in [-0.25, -0.2) is 0 Å². The lowest BCUT2D eigenvalue weighted by molar-refractivity contribution is -0.318. The minimum Gasteiger partial charge on any atom is -1.00 e. The van der Waals surface area contributed by atoms with Gasteiger partial charge >= 0.3 is 5.97 Å². The molecular formula is C52H100ClN2O13P. The van der Waals surface area contributed by atoms with Gasteiger partial charge in [-0.1, -0.05) is 59.3 Å². The molecule has 0 radical (unpaired) electrons. The maximum Gasteiger partial charge on any atom is 0.311 e. The number of aliphatic hydroxyl groups excluding tert-OH is 3. The van der Waals surface area contributed by atoms with Crippen LogP contribution in [-0.4, -0.2) is 191 Å². The van der Waals surface area contributed by atoms with Crippen LogP contribution in [0.1, 0.15) is 159 Å². The SMILES string of the molecule is CC[C@H]1OC(=O)[C@H](C)[C@@H](O[C@H]2C[C@@](C)(OC)[C@@H](O)[C@H](C)O2)[C@H](C)[C@@H](O[C@@H]2O[C@H](C)C[C@H](N(C)C)[C@H]2O)[C@](C)(O)C[C@@H](C)CN(C(=O)CCCCCCCCCCC[P+](C)(C)C)[C@H](C)[C@@H](O)[C@]1(C)O.[Cl-]. The fourth-order valence-corrected chi connectivity index (χ4v) is 12.3. The summed E-state index contributed by atoms with van der Waals surface area (Å²) in [6.07, 6.45) is 2.36. The molecule has 0 spiro atoms. The normalized spacial score (nSPS) is 40.1. The molecule has 3 heterocycles. The summed E-state index contributed by atoms with van der Waals surface area (Å²) < 4.78 is 38.1. The van der Waals surface area contributed by atoms with Gasteiger partial charge < -0.3 is 76.2 Å². The molecule has 3 aliphatic rings. The summed E-state index contributed by atoms with van der Waals surface area (Å²) in [6.45, 7) is 24.7. The minimum absolute atomic E-state index is 0. The van der Waals surface area contributed by atoms with Crippen LogP contribution in [0.2, 0.25) is 0 Å². The summed E-state index contributed by atoms with van der Waals surface area (Å²) in [7, 11) is 4.55. The van der Waals surface area contributed by atoms with Crippen molar-refractivity contribution in [3.63, 3.8) is 0 Å². The molecule has 408 valence electrons. The number of rotatable bonds is 19. The lowest BCUT2D eigenvalue weighted by Crippen LogP contribution is -3.00. The van der Waals surface area contributed by atoms with Gasteiger partial charge in [0.1, 0.15) is 30.0 Å². The third-order valence-corrected chi connectivity index (χ3v) is 17.1. The second-order valence-corrected chi connectivity index (χ2v) is 28.2. The van der Waals surface area contributed by atoms with E-state index >= 15 is 0 Å². The Bertz CT molecular complexity index is 1520. The summed E-state index contributed by atoms with van der Waals surface area (Å²) >= 11 is 0. The van der Waals surface area contributed by atoms with Crippen molar-refractivity contribution < 1.29 is 75.9 Å². The quantitative estimate of drug-likeness (QED) is 0.0715. The number of hydrogen-bond donors (Lipinski definition) is 5. The smallest absolute Gasteiger partial charge is 0.311 e. The van der Waals surface area contributed by atoms with Crippen LogP contribution in [0, 0.1) is 17.8 Å². The number of unbranched alkanes of at least 4 members (excludes halogenated alkanes) is 8. The number of halogens is 1. The Kier molecular flexibility index (Phi) is 26.3. The number of likely N-dealkylation sites (N-methyl/N-ethyl adjacent to an activating group) is 1. The molecule has 18 atom stereocenters. The minimum atomic E-state index is -1.98. The zero-order valence-corrected chi connectivity index (χ0v) is 47.3. The van der Waals surface area contributed by atoms with E-state index in [0.29, 0.717) is 12.8 Å². The maximum atomic E-state index is 14.6. The Labute approximate surface area is 424 Å². The van der Waals surface area contributed by atoms with Crippen LogP contribution in [0.25, 0.3) is 0 Å². The van der Waals surface area contributed by atoms with Crippen molar-refractivity contribution in [1.82, 2.24) is 9.80 Å². The summed E-state index contributed by atoms with van der Waals surface area (Å²) in [6, 6.07) is -1.21. The second kappa shape index (κ2) is 28.2. The molecule has 0 saturated carbocycles. The fourth-order valence-electron chi connectivity index (χ4n) is 11.1. The maximum absolute atomic E-state index is 14.6. The van der Waals surface area contributed by atoms with Crippen LogP contribution in [0.5, 0.6) is 0 Å². The number of hydrogen-bond acceptors (Lipinski definition) is 14. The number of carbonyl (C=O) groups is 2. The number of ether oxygens (including phenoxy) is 6. The van der Waals surface area contributed by atoms with Gasteiger partial charge in [-0.3, -0.25) is 9.59 Å². The zero-order valence-electron chi connectivity index (χ0n) is 45.7. The molecule has 0 aliphatic carbocycles. The van der Waals surface area contributed by atoms with E-state index in [2.05, 4.69) is 20.0 Å². The highest BCUT2D eigenvalue weighted by Gasteiger charge is 2.53. The van der Waals surface area contributed by atoms with Crippen molar-refractivity contribution in [3.05, 3.63) is 0 Å². The van der Waals surface area contributed by atoms with Gasteiger partial charge in [0.2, 0.25) is 5.91 Å². The van der Waals surface area contributed by atoms with Crippen molar-refractivity contribution in [1.29, 1.82) is 0 Å². The zero-order chi connectivity index (χ0) is 51.5. The lowest BCUT2D eigenvalue weighted by Gasteiger charge is -2.48. The molecule has 0 aromatic heterocycles. The molecule has 3 aliphatic heterocycles. The molecular weight excluding hydrogens is 927 g/mol. The highest BCUT2D eigenvalue weighted by Crippen LogP contribution is 2.47. The Balaban J connectivity index is 0.0000163. The van der Waals surface area contributed by atoms with E-state index in [9.17, 15) is 35.1 Å². The first kappa shape index (κ1) is 64.3. The van der Waals surface area contributed by atoms with Gasteiger partial charge in [0.05, 0.1) is 53.7 Å². The van der Waals surface area contributed by atoms with Crippen LogP contribution in [0.15, 0.2) is 0 Å². The Hall–Kier alpha value is -0.780. The summed E-state index contributed by atoms with van der Waals surface area (Å²) in [4.78, 5) is 32.4. The topological polar surface area (TPSA) is 197 Å². The lowest BCUT2D eigenvalue weighted by atomic mass is 9.77. The monoisotopic (exact) mass is 1030 g/mol. The van der Waals surface area contributed by atoms with Crippen molar-refractivity contribution in [3.8, 4) is 0 Å². The van der Waals surface area contributed by atoms with Crippen LogP contribution in [0.4, 0.5) is 0 Å². The third-order valence-electron chi connectivity index (χ3n) is 15.5. The van der Waals surface area contributed by atoms with Crippen molar-refractivity contribution in [2.24, 2.45) is 17.8 Å². The van der Waals surface area contributed by atoms with Gasteiger partial charge in [-0.2, -0.15) is 0 Å². The third kappa shape index (κ3) is 18.2. The molecule has 3 rings (SSSR count). The first-order chi connectivity index (χ1) is 31.5. The predicted molar refractivity (Wildman–Crippen MR) is 269 cm³/mol. The molecule has 0 bridgehead atoms. The van der Waals surface area contributed by atoms with Crippen molar-refractivity contribution in [2.45, 2.75) is 249 Å². The second-order valence-electron chi connectivity index (χ2n) is 23.2. The highest BCUT2D eigenvalue weighted by atomic mass is 35.5. The van der Waals surface area contributed by atoms with Crippen molar-refractivity contribution in [2.75, 3.05) is 53.9 Å². The van der Waals surface area contributed by atoms with Crippen molar-refractivity contribution >= 4 is 19.1 Å². The van der Waals surface area contributed by atoms with Crippen LogP contribution in [-0.2, 0) is 38.0 Å². The summed E-state index contributed by atoms with van der Waals surface area (Å²) in [5, 5.41) is 59.9. The van der Waals surface area contributed by atoms with E-state index in [-0.39, 0.29) is 68.6 Å². The molecule has 17 heteroatoms.